The van der Waals surface area contributed by atoms with Crippen LogP contribution in [0.3, 0.4) is 0 Å². The Hall–Kier alpha value is -0.546. The Kier molecular flexibility index (Phi) is 3.17. The van der Waals surface area contributed by atoms with E-state index in [1.54, 1.807) is 0 Å². The van der Waals surface area contributed by atoms with Crippen molar-refractivity contribution in [2.45, 2.75) is 39.3 Å². The molecule has 1 nitrogen and oxygen atoms in total. The minimum Gasteiger partial charge on any atom is -0.508 e. The first-order chi connectivity index (χ1) is 6.62. The van der Waals surface area contributed by atoms with E-state index in [2.05, 4.69) is 51.4 Å². The van der Waals surface area contributed by atoms with Gasteiger partial charge in [-0.05, 0) is 11.3 Å². The Morgan fingerprint density at radius 1 is 0.867 bits per heavy atom. The van der Waals surface area contributed by atoms with Crippen molar-refractivity contribution in [2.75, 3.05) is 0 Å². The first-order valence-corrected chi connectivity index (χ1v) is 12.5. The van der Waals surface area contributed by atoms with Gasteiger partial charge in [-0.15, -0.1) is 0 Å². The van der Waals surface area contributed by atoms with Crippen LogP contribution in [-0.2, 0) is 0 Å². The average Bonchev–Trinajstić information content (AvgIpc) is 1.99. The molecule has 0 unspecified atom stereocenters. The Bertz CT molecular complexity index is 359. The van der Waals surface area contributed by atoms with E-state index in [0.29, 0.717) is 5.75 Å². The Labute approximate surface area is 95.2 Å². The van der Waals surface area contributed by atoms with Crippen LogP contribution in [-0.4, -0.2) is 21.3 Å². The summed E-state index contributed by atoms with van der Waals surface area (Å²) in [6.07, 6.45) is 0. The van der Waals surface area contributed by atoms with Gasteiger partial charge in [0.15, 0.2) is 0 Å². The van der Waals surface area contributed by atoms with Gasteiger partial charge in [-0.2, -0.15) is 0 Å². The van der Waals surface area contributed by atoms with Crippen molar-refractivity contribution in [3.05, 3.63) is 18.2 Å². The summed E-state index contributed by atoms with van der Waals surface area (Å²) in [7, 11) is -2.69. The van der Waals surface area contributed by atoms with E-state index >= 15 is 0 Å². The highest BCUT2D eigenvalue weighted by Gasteiger charge is 2.23. The normalized spacial score (nSPS) is 12.9. The van der Waals surface area contributed by atoms with Crippen molar-refractivity contribution in [3.8, 4) is 5.75 Å². The summed E-state index contributed by atoms with van der Waals surface area (Å²) in [6, 6.07) is 6.33. The van der Waals surface area contributed by atoms with Gasteiger partial charge in [-0.25, -0.2) is 0 Å². The maximum absolute atomic E-state index is 10.0. The molecule has 0 bridgehead atoms. The molecule has 0 fully saturated rings. The van der Waals surface area contributed by atoms with Crippen molar-refractivity contribution >= 4 is 26.5 Å². The molecule has 0 spiro atoms. The number of hydrogen-bond donors (Lipinski definition) is 1. The van der Waals surface area contributed by atoms with Gasteiger partial charge in [-0.3, -0.25) is 0 Å². The lowest BCUT2D eigenvalue weighted by Crippen LogP contribution is -2.42. The highest BCUT2D eigenvalue weighted by molar-refractivity contribution is 6.90. The first-order valence-electron chi connectivity index (χ1n) is 5.46. The molecule has 0 radical (unpaired) electrons. The first kappa shape index (κ1) is 12.5. The van der Waals surface area contributed by atoms with Crippen LogP contribution in [0.5, 0.6) is 5.75 Å². The van der Waals surface area contributed by atoms with Crippen molar-refractivity contribution < 1.29 is 5.11 Å². The lowest BCUT2D eigenvalue weighted by molar-refractivity contribution is 0.479. The zero-order valence-corrected chi connectivity index (χ0v) is 12.7. The highest BCUT2D eigenvalue weighted by Crippen LogP contribution is 2.13. The number of hydrogen-bond acceptors (Lipinski definition) is 1. The molecular formula is C12H22OSi2. The van der Waals surface area contributed by atoms with Gasteiger partial charge >= 0.3 is 0 Å². The third kappa shape index (κ3) is 2.95. The lowest BCUT2D eigenvalue weighted by Gasteiger charge is -2.22. The molecule has 0 aliphatic rings. The average molecular weight is 238 g/mol. The minimum atomic E-state index is -1.39. The van der Waals surface area contributed by atoms with E-state index in [9.17, 15) is 5.11 Å². The summed E-state index contributed by atoms with van der Waals surface area (Å²) < 4.78 is 0. The monoisotopic (exact) mass is 238 g/mol. The number of benzene rings is 1. The molecule has 0 heterocycles. The number of rotatable bonds is 2. The van der Waals surface area contributed by atoms with Crippen molar-refractivity contribution in [2.24, 2.45) is 0 Å². The van der Waals surface area contributed by atoms with Crippen LogP contribution in [0.1, 0.15) is 0 Å². The lowest BCUT2D eigenvalue weighted by atomic mass is 10.3. The molecule has 0 saturated carbocycles. The molecule has 0 aromatic heterocycles. The molecule has 15 heavy (non-hydrogen) atoms. The molecule has 0 atom stereocenters. The molecule has 0 amide bonds. The van der Waals surface area contributed by atoms with E-state index in [4.69, 9.17) is 0 Å². The summed E-state index contributed by atoms with van der Waals surface area (Å²) in [5.41, 5.74) is 0. The van der Waals surface area contributed by atoms with Gasteiger partial charge < -0.3 is 5.11 Å². The molecular weight excluding hydrogens is 216 g/mol. The second kappa shape index (κ2) is 3.79. The Balaban J connectivity index is 3.21. The van der Waals surface area contributed by atoms with Crippen molar-refractivity contribution in [3.63, 3.8) is 0 Å². The predicted molar refractivity (Wildman–Crippen MR) is 74.1 cm³/mol. The van der Waals surface area contributed by atoms with Crippen LogP contribution in [0.15, 0.2) is 18.2 Å². The molecule has 0 saturated heterocycles. The summed E-state index contributed by atoms with van der Waals surface area (Å²) in [5.74, 6) is 0.508. The van der Waals surface area contributed by atoms with Crippen LogP contribution in [0, 0.1) is 0 Å². The summed E-state index contributed by atoms with van der Waals surface area (Å²) in [5, 5.41) is 12.6. The van der Waals surface area contributed by atoms with Gasteiger partial charge in [0, 0.05) is 0 Å². The van der Waals surface area contributed by atoms with Crippen molar-refractivity contribution in [1.29, 1.82) is 0 Å². The van der Waals surface area contributed by atoms with Crippen LogP contribution in [0.4, 0.5) is 0 Å². The SMILES string of the molecule is C[Si](C)(C)c1ccc([Si](C)(C)C)c(O)c1. The number of phenols is 1. The van der Waals surface area contributed by atoms with Gasteiger partial charge in [-0.1, -0.05) is 56.6 Å². The summed E-state index contributed by atoms with van der Waals surface area (Å²) in [6.45, 7) is 13.7. The third-order valence-corrected chi connectivity index (χ3v) is 6.75. The van der Waals surface area contributed by atoms with E-state index in [1.165, 1.54) is 10.4 Å². The highest BCUT2D eigenvalue weighted by atomic mass is 28.3. The molecule has 0 aliphatic carbocycles. The van der Waals surface area contributed by atoms with Crippen LogP contribution < -0.4 is 10.4 Å². The van der Waals surface area contributed by atoms with Gasteiger partial charge in [0.05, 0.1) is 16.1 Å². The zero-order chi connectivity index (χ0) is 11.9. The zero-order valence-electron chi connectivity index (χ0n) is 10.7. The standard InChI is InChI=1S/C12H22OSi2/c1-14(2,3)10-7-8-12(11(13)9-10)15(4,5)6/h7-9,13H,1-6H3. The number of phenolic OH excluding ortho intramolecular Hbond substituents is 1. The minimum absolute atomic E-state index is 0.508. The van der Waals surface area contributed by atoms with Crippen LogP contribution in [0.25, 0.3) is 0 Å². The molecule has 84 valence electrons. The van der Waals surface area contributed by atoms with E-state index < -0.39 is 16.1 Å². The fourth-order valence-electron chi connectivity index (χ4n) is 1.63. The maximum Gasteiger partial charge on any atom is 0.114 e. The van der Waals surface area contributed by atoms with Gasteiger partial charge in [0.1, 0.15) is 5.75 Å². The summed E-state index contributed by atoms with van der Waals surface area (Å²) >= 11 is 0. The second-order valence-corrected chi connectivity index (χ2v) is 16.3. The van der Waals surface area contributed by atoms with Gasteiger partial charge in [0.25, 0.3) is 0 Å². The third-order valence-electron chi connectivity index (χ3n) is 2.67. The molecule has 1 aromatic carbocycles. The molecule has 1 aromatic rings. The fraction of sp³-hybridized carbons (Fsp3) is 0.500. The maximum atomic E-state index is 10.0. The molecule has 1 rings (SSSR count). The fourth-order valence-corrected chi connectivity index (χ4v) is 4.21. The molecule has 0 aliphatic heterocycles. The Morgan fingerprint density at radius 2 is 1.40 bits per heavy atom. The smallest absolute Gasteiger partial charge is 0.114 e. The van der Waals surface area contributed by atoms with Crippen molar-refractivity contribution in [1.82, 2.24) is 0 Å². The molecule has 3 heteroatoms. The van der Waals surface area contributed by atoms with Crippen LogP contribution >= 0.6 is 0 Å². The topological polar surface area (TPSA) is 20.2 Å². The quantitative estimate of drug-likeness (QED) is 0.785. The van der Waals surface area contributed by atoms with E-state index in [0.717, 1.165) is 0 Å². The van der Waals surface area contributed by atoms with Gasteiger partial charge in [0.2, 0.25) is 0 Å². The summed E-state index contributed by atoms with van der Waals surface area (Å²) in [4.78, 5) is 0. The largest absolute Gasteiger partial charge is 0.508 e. The van der Waals surface area contributed by atoms with Crippen LogP contribution in [0.2, 0.25) is 39.3 Å². The predicted octanol–water partition coefficient (Wildman–Crippen LogP) is 2.48. The Morgan fingerprint density at radius 3 is 1.73 bits per heavy atom. The second-order valence-electron chi connectivity index (χ2n) is 6.23. The van der Waals surface area contributed by atoms with E-state index in [1.807, 2.05) is 6.07 Å². The molecule has 1 N–H and O–H groups in total. The van der Waals surface area contributed by atoms with E-state index in [-0.39, 0.29) is 0 Å². The number of aromatic hydroxyl groups is 1.